The predicted molar refractivity (Wildman–Crippen MR) is 118 cm³/mol. The van der Waals surface area contributed by atoms with E-state index in [1.807, 2.05) is 0 Å². The Morgan fingerprint density at radius 3 is 2.60 bits per heavy atom. The maximum absolute atomic E-state index is 13.9. The van der Waals surface area contributed by atoms with Crippen LogP contribution in [-0.2, 0) is 19.1 Å². The van der Waals surface area contributed by atoms with E-state index in [-0.39, 0.29) is 34.0 Å². The Hall–Kier alpha value is -1.89. The summed E-state index contributed by atoms with van der Waals surface area (Å²) >= 11 is 6.30. The number of alkyl halides is 2. The number of anilines is 1. The molecule has 0 spiro atoms. The highest BCUT2D eigenvalue weighted by atomic mass is 35.5. The van der Waals surface area contributed by atoms with Crippen molar-refractivity contribution in [3.8, 4) is 6.07 Å². The standard InChI is InChI=1S/C18H20ClF2N4O8PS/c19-12-10(5-22)23-16-9(13(12)24-4-2-18(20,21)7-24)1-3-25(16)17-15(27)14(26)11(33-17)6-35(31,32)8-34(28,29)30/h1,3,11,14-15,17,26-27H,2,4,6-8H2,(H2,28,29,30)/t11-,14-,15-,17-/m1/s1. The second kappa shape index (κ2) is 8.89. The van der Waals surface area contributed by atoms with Gasteiger partial charge in [-0.15, -0.1) is 0 Å². The van der Waals surface area contributed by atoms with Crippen molar-refractivity contribution in [2.45, 2.75) is 36.9 Å². The van der Waals surface area contributed by atoms with Crippen molar-refractivity contribution in [1.29, 1.82) is 5.26 Å². The summed E-state index contributed by atoms with van der Waals surface area (Å²) in [5.41, 5.74) is -1.60. The van der Waals surface area contributed by atoms with Crippen molar-refractivity contribution in [3.05, 3.63) is 23.0 Å². The fourth-order valence-corrected chi connectivity index (χ4v) is 7.85. The van der Waals surface area contributed by atoms with Crippen LogP contribution in [0.25, 0.3) is 11.0 Å². The number of hydrogen-bond donors (Lipinski definition) is 4. The van der Waals surface area contributed by atoms with Gasteiger partial charge in [0, 0.05) is 24.5 Å². The highest BCUT2D eigenvalue weighted by Gasteiger charge is 2.47. The zero-order valence-electron chi connectivity index (χ0n) is 17.7. The second-order valence-corrected chi connectivity index (χ2v) is 13.0. The molecule has 2 saturated heterocycles. The maximum atomic E-state index is 13.9. The number of nitriles is 1. The molecule has 4 N–H and O–H groups in total. The van der Waals surface area contributed by atoms with Gasteiger partial charge in [0.1, 0.15) is 35.1 Å². The van der Waals surface area contributed by atoms with Crippen LogP contribution < -0.4 is 4.90 Å². The van der Waals surface area contributed by atoms with Gasteiger partial charge in [-0.1, -0.05) is 11.6 Å². The van der Waals surface area contributed by atoms with Crippen LogP contribution in [0, 0.1) is 11.3 Å². The van der Waals surface area contributed by atoms with Gasteiger partial charge in [0.15, 0.2) is 27.3 Å². The van der Waals surface area contributed by atoms with Crippen LogP contribution in [0.15, 0.2) is 12.3 Å². The number of aliphatic hydroxyl groups excluding tert-OH is 2. The lowest BCUT2D eigenvalue weighted by molar-refractivity contribution is -0.0288. The molecule has 4 atom stereocenters. The minimum Gasteiger partial charge on any atom is -0.387 e. The number of halogens is 3. The highest BCUT2D eigenvalue weighted by Crippen LogP contribution is 2.43. The molecule has 0 aromatic carbocycles. The monoisotopic (exact) mass is 556 g/mol. The van der Waals surface area contributed by atoms with Crippen LogP contribution >= 0.6 is 19.2 Å². The molecule has 35 heavy (non-hydrogen) atoms. The van der Waals surface area contributed by atoms with E-state index in [4.69, 9.17) is 26.1 Å². The average Bonchev–Trinajstić information content (AvgIpc) is 3.36. The van der Waals surface area contributed by atoms with Crippen LogP contribution in [0.4, 0.5) is 14.5 Å². The molecule has 2 aromatic rings. The Morgan fingerprint density at radius 2 is 2.03 bits per heavy atom. The third kappa shape index (κ3) is 5.16. The molecule has 2 aromatic heterocycles. The normalized spacial score (nSPS) is 27.0. The van der Waals surface area contributed by atoms with E-state index in [1.54, 1.807) is 6.07 Å². The zero-order valence-corrected chi connectivity index (χ0v) is 20.2. The predicted octanol–water partition coefficient (Wildman–Crippen LogP) is 0.576. The van der Waals surface area contributed by atoms with Crippen LogP contribution in [0.3, 0.4) is 0 Å². The third-order valence-electron chi connectivity index (χ3n) is 5.76. The summed E-state index contributed by atoms with van der Waals surface area (Å²) in [6, 6.07) is 3.23. The number of fused-ring (bicyclic) bond motifs is 1. The topological polar surface area (TPSA) is 186 Å². The van der Waals surface area contributed by atoms with Gasteiger partial charge >= 0.3 is 7.60 Å². The number of aliphatic hydroxyl groups is 2. The van der Waals surface area contributed by atoms with Gasteiger partial charge in [-0.05, 0) is 6.07 Å². The molecule has 0 amide bonds. The number of aromatic nitrogens is 2. The highest BCUT2D eigenvalue weighted by molar-refractivity contribution is 7.97. The Kier molecular flexibility index (Phi) is 6.65. The van der Waals surface area contributed by atoms with Crippen molar-refractivity contribution in [2.75, 3.05) is 29.2 Å². The molecule has 2 aliphatic rings. The minimum absolute atomic E-state index is 0.00569. The van der Waals surface area contributed by atoms with Crippen molar-refractivity contribution < 1.29 is 46.5 Å². The first-order valence-electron chi connectivity index (χ1n) is 10.1. The van der Waals surface area contributed by atoms with Crippen LogP contribution in [0.2, 0.25) is 5.02 Å². The summed E-state index contributed by atoms with van der Waals surface area (Å²) < 4.78 is 69.8. The lowest BCUT2D eigenvalue weighted by Gasteiger charge is -2.22. The van der Waals surface area contributed by atoms with Crippen LogP contribution in [0.1, 0.15) is 18.3 Å². The molecule has 4 heterocycles. The van der Waals surface area contributed by atoms with Gasteiger partial charge < -0.3 is 34.2 Å². The average molecular weight is 557 g/mol. The fourth-order valence-electron chi connectivity index (χ4n) is 4.30. The summed E-state index contributed by atoms with van der Waals surface area (Å²) in [6.07, 6.45) is -5.46. The fraction of sp³-hybridized carbons (Fsp3) is 0.556. The molecule has 0 saturated carbocycles. The summed E-state index contributed by atoms with van der Waals surface area (Å²) in [4.78, 5) is 23.4. The molecular formula is C18H20ClF2N4O8PS. The first-order chi connectivity index (χ1) is 16.1. The number of hydrogen-bond acceptors (Lipinski definition) is 9. The molecule has 0 bridgehead atoms. The van der Waals surface area contributed by atoms with Crippen LogP contribution in [0.5, 0.6) is 0 Å². The number of rotatable bonds is 6. The van der Waals surface area contributed by atoms with E-state index in [2.05, 4.69) is 4.98 Å². The summed E-state index contributed by atoms with van der Waals surface area (Å²) in [5, 5.41) is 30.5. The Morgan fingerprint density at radius 1 is 1.34 bits per heavy atom. The quantitative estimate of drug-likeness (QED) is 0.364. The van der Waals surface area contributed by atoms with E-state index < -0.39 is 72.1 Å². The summed E-state index contributed by atoms with van der Waals surface area (Å²) in [7, 11) is -9.30. The number of ether oxygens (including phenoxy) is 1. The molecule has 2 fully saturated rings. The number of nitrogens with zero attached hydrogens (tertiary/aromatic N) is 4. The Labute approximate surface area is 202 Å². The largest absolute Gasteiger partial charge is 0.387 e. The summed E-state index contributed by atoms with van der Waals surface area (Å²) in [5.74, 6) is -3.95. The van der Waals surface area contributed by atoms with Crippen molar-refractivity contribution in [3.63, 3.8) is 0 Å². The molecule has 0 radical (unpaired) electrons. The molecule has 0 aliphatic carbocycles. The first kappa shape index (κ1) is 26.2. The molecule has 17 heteroatoms. The Bertz CT molecular complexity index is 1360. The van der Waals surface area contributed by atoms with Crippen molar-refractivity contribution in [1.82, 2.24) is 9.55 Å². The van der Waals surface area contributed by atoms with E-state index in [1.165, 1.54) is 21.7 Å². The van der Waals surface area contributed by atoms with Gasteiger partial charge in [-0.25, -0.2) is 22.2 Å². The van der Waals surface area contributed by atoms with Gasteiger partial charge in [0.05, 0.1) is 18.0 Å². The van der Waals surface area contributed by atoms with E-state index >= 15 is 0 Å². The van der Waals surface area contributed by atoms with Gasteiger partial charge in [-0.2, -0.15) is 5.26 Å². The second-order valence-electron chi connectivity index (χ2n) is 8.47. The Balaban J connectivity index is 1.71. The van der Waals surface area contributed by atoms with Gasteiger partial charge in [0.2, 0.25) is 0 Å². The SMILES string of the molecule is N#Cc1nc2c(ccn2[C@@H]2O[C@H](CS(=O)(=O)CP(=O)(O)O)[C@@H](O)[C@H]2O)c(N2CCC(F)(F)C2)c1Cl. The molecule has 4 rings (SSSR count). The zero-order chi connectivity index (χ0) is 25.9. The first-order valence-corrected chi connectivity index (χ1v) is 14.1. The number of pyridine rings is 1. The van der Waals surface area contributed by atoms with Crippen molar-refractivity contribution in [2.24, 2.45) is 0 Å². The van der Waals surface area contributed by atoms with Gasteiger partial charge in [-0.3, -0.25) is 4.57 Å². The third-order valence-corrected chi connectivity index (χ3v) is 9.88. The molecule has 2 aliphatic heterocycles. The molecule has 12 nitrogen and oxygen atoms in total. The summed E-state index contributed by atoms with van der Waals surface area (Å²) in [6.45, 7) is -0.675. The van der Waals surface area contributed by atoms with E-state index in [9.17, 15) is 37.2 Å². The van der Waals surface area contributed by atoms with E-state index in [0.717, 1.165) is 0 Å². The minimum atomic E-state index is -4.92. The molecular weight excluding hydrogens is 537 g/mol. The van der Waals surface area contributed by atoms with Crippen LogP contribution in [-0.4, -0.2) is 86.5 Å². The molecule has 192 valence electrons. The smallest absolute Gasteiger partial charge is 0.340 e. The maximum Gasteiger partial charge on any atom is 0.340 e. The molecule has 0 unspecified atom stereocenters. The number of sulfone groups is 1. The lowest BCUT2D eigenvalue weighted by Crippen LogP contribution is -2.35. The lowest BCUT2D eigenvalue weighted by atomic mass is 10.1. The van der Waals surface area contributed by atoms with Crippen molar-refractivity contribution >= 4 is 45.8 Å². The van der Waals surface area contributed by atoms with E-state index in [0.29, 0.717) is 0 Å². The van der Waals surface area contributed by atoms with Gasteiger partial charge in [0.25, 0.3) is 5.92 Å².